The quantitative estimate of drug-likeness (QED) is 0.275. The monoisotopic (exact) mass is 216 g/mol. The minimum absolute atomic E-state index is 0.359. The molecule has 0 aromatic heterocycles. The van der Waals surface area contributed by atoms with Crippen LogP contribution in [0.5, 0.6) is 0 Å². The van der Waals surface area contributed by atoms with E-state index in [2.05, 4.69) is 9.98 Å². The van der Waals surface area contributed by atoms with Crippen molar-refractivity contribution < 1.29 is 14.4 Å². The van der Waals surface area contributed by atoms with Crippen molar-refractivity contribution in [1.82, 2.24) is 0 Å². The molecule has 76 valence electrons. The highest BCUT2D eigenvalue weighted by atomic mass is 35.5. The van der Waals surface area contributed by atoms with E-state index in [1.807, 2.05) is 0 Å². The Kier molecular flexibility index (Phi) is 7.56. The second kappa shape index (κ2) is 8.32. The van der Waals surface area contributed by atoms with Gasteiger partial charge in [0.1, 0.15) is 6.04 Å². The zero-order chi connectivity index (χ0) is 10.8. The summed E-state index contributed by atoms with van der Waals surface area (Å²) in [5.74, 6) is 0. The van der Waals surface area contributed by atoms with Crippen LogP contribution in [0.4, 0.5) is 0 Å². The molecule has 0 aromatic rings. The van der Waals surface area contributed by atoms with Crippen LogP contribution in [-0.2, 0) is 14.4 Å². The van der Waals surface area contributed by atoms with E-state index in [0.717, 1.165) is 0 Å². The minimum Gasteiger partial charge on any atom is -0.279 e. The summed E-state index contributed by atoms with van der Waals surface area (Å²) in [6, 6.07) is -0.825. The molecule has 0 heterocycles. The van der Waals surface area contributed by atoms with Crippen LogP contribution in [-0.4, -0.2) is 30.0 Å². The Morgan fingerprint density at radius 3 is 2.50 bits per heavy atom. The van der Waals surface area contributed by atoms with Gasteiger partial charge in [0.05, 0.1) is 6.54 Å². The number of carbonyl (C=O) groups is 1. The summed E-state index contributed by atoms with van der Waals surface area (Å²) >= 11 is 5.17. The van der Waals surface area contributed by atoms with E-state index in [9.17, 15) is 14.4 Å². The number of nitrogens with zero attached hydrogens (tertiary/aromatic N) is 2. The number of hydrogen-bond acceptors (Lipinski definition) is 5. The molecule has 0 amide bonds. The average Bonchev–Trinajstić information content (AvgIpc) is 2.15. The summed E-state index contributed by atoms with van der Waals surface area (Å²) in [7, 11) is 0. The van der Waals surface area contributed by atoms with Crippen LogP contribution in [0.1, 0.15) is 19.3 Å². The number of isocyanates is 2. The van der Waals surface area contributed by atoms with Gasteiger partial charge in [-0.25, -0.2) is 14.6 Å². The average molecular weight is 217 g/mol. The van der Waals surface area contributed by atoms with Gasteiger partial charge in [-0.3, -0.25) is 4.79 Å². The Bertz CT molecular complexity index is 278. The third kappa shape index (κ3) is 6.26. The van der Waals surface area contributed by atoms with E-state index in [1.54, 1.807) is 0 Å². The van der Waals surface area contributed by atoms with Crippen molar-refractivity contribution in [1.29, 1.82) is 0 Å². The fourth-order valence-corrected chi connectivity index (χ4v) is 1.02. The summed E-state index contributed by atoms with van der Waals surface area (Å²) < 4.78 is 0. The van der Waals surface area contributed by atoms with Gasteiger partial charge in [0.15, 0.2) is 0 Å². The lowest BCUT2D eigenvalue weighted by molar-refractivity contribution is -0.112. The number of halogens is 1. The molecule has 0 rings (SSSR count). The van der Waals surface area contributed by atoms with E-state index in [1.165, 1.54) is 12.2 Å². The zero-order valence-corrected chi connectivity index (χ0v) is 8.16. The second-order valence-corrected chi connectivity index (χ2v) is 2.88. The second-order valence-electron chi connectivity index (χ2n) is 2.51. The first-order chi connectivity index (χ1) is 6.72. The van der Waals surface area contributed by atoms with Gasteiger partial charge in [-0.2, -0.15) is 4.99 Å². The van der Waals surface area contributed by atoms with E-state index < -0.39 is 11.3 Å². The predicted molar refractivity (Wildman–Crippen MR) is 49.6 cm³/mol. The summed E-state index contributed by atoms with van der Waals surface area (Å²) in [6.07, 6.45) is 4.29. The lowest BCUT2D eigenvalue weighted by Gasteiger charge is -2.02. The van der Waals surface area contributed by atoms with Crippen LogP contribution in [0.15, 0.2) is 9.98 Å². The van der Waals surface area contributed by atoms with Gasteiger partial charge in [0, 0.05) is 0 Å². The molecule has 0 saturated heterocycles. The maximum atomic E-state index is 10.7. The maximum absolute atomic E-state index is 10.7. The molecule has 0 fully saturated rings. The molecule has 1 atom stereocenters. The third-order valence-corrected chi connectivity index (χ3v) is 1.78. The predicted octanol–water partition coefficient (Wildman–Crippen LogP) is 0.962. The van der Waals surface area contributed by atoms with Crippen LogP contribution >= 0.6 is 11.6 Å². The molecule has 5 nitrogen and oxygen atoms in total. The van der Waals surface area contributed by atoms with Crippen molar-refractivity contribution in [2.24, 2.45) is 9.98 Å². The first-order valence-electron chi connectivity index (χ1n) is 4.02. The lowest BCUT2D eigenvalue weighted by atomic mass is 10.1. The number of carbonyl (C=O) groups excluding carboxylic acids is 3. The Morgan fingerprint density at radius 1 is 1.29 bits per heavy atom. The van der Waals surface area contributed by atoms with E-state index in [0.29, 0.717) is 25.8 Å². The molecule has 0 spiro atoms. The number of aliphatic imine (C=N–C) groups is 2. The molecule has 0 aromatic carbocycles. The Morgan fingerprint density at radius 2 is 2.00 bits per heavy atom. The molecule has 0 radical (unpaired) electrons. The molecule has 0 N–H and O–H groups in total. The molecule has 0 bridgehead atoms. The summed E-state index contributed by atoms with van der Waals surface area (Å²) in [6.45, 7) is 0.359. The van der Waals surface area contributed by atoms with Crippen LogP contribution in [0.25, 0.3) is 0 Å². The minimum atomic E-state index is -0.825. The smallest absolute Gasteiger partial charge is 0.247 e. The van der Waals surface area contributed by atoms with Gasteiger partial charge in [-0.15, -0.1) is 0 Å². The summed E-state index contributed by atoms with van der Waals surface area (Å²) in [4.78, 5) is 36.8. The van der Waals surface area contributed by atoms with Gasteiger partial charge in [0.25, 0.3) is 0 Å². The first kappa shape index (κ1) is 12.7. The number of hydrogen-bond donors (Lipinski definition) is 0. The van der Waals surface area contributed by atoms with Crippen molar-refractivity contribution in [3.8, 4) is 0 Å². The Balaban J connectivity index is 3.77. The number of rotatable bonds is 7. The topological polar surface area (TPSA) is 75.9 Å². The van der Waals surface area contributed by atoms with Crippen molar-refractivity contribution in [2.45, 2.75) is 25.3 Å². The maximum Gasteiger partial charge on any atom is 0.247 e. The Hall–Kier alpha value is -1.28. The van der Waals surface area contributed by atoms with Crippen molar-refractivity contribution in [3.05, 3.63) is 0 Å². The van der Waals surface area contributed by atoms with Crippen LogP contribution in [0.3, 0.4) is 0 Å². The van der Waals surface area contributed by atoms with Gasteiger partial charge < -0.3 is 0 Å². The highest BCUT2D eigenvalue weighted by molar-refractivity contribution is 6.64. The largest absolute Gasteiger partial charge is 0.279 e. The molecular formula is C8H9ClN2O3. The summed E-state index contributed by atoms with van der Waals surface area (Å²) in [5.41, 5.74) is 0. The Labute approximate surface area is 85.9 Å². The van der Waals surface area contributed by atoms with Crippen molar-refractivity contribution in [3.63, 3.8) is 0 Å². The molecule has 0 aliphatic rings. The first-order valence-corrected chi connectivity index (χ1v) is 4.40. The van der Waals surface area contributed by atoms with Crippen molar-refractivity contribution in [2.75, 3.05) is 6.54 Å². The molecule has 0 saturated carbocycles. The molecular weight excluding hydrogens is 208 g/mol. The number of unbranched alkanes of at least 4 members (excludes halogenated alkanes) is 1. The van der Waals surface area contributed by atoms with Gasteiger partial charge in [-0.1, -0.05) is 0 Å². The fourth-order valence-electron chi connectivity index (χ4n) is 0.867. The van der Waals surface area contributed by atoms with E-state index >= 15 is 0 Å². The lowest BCUT2D eigenvalue weighted by Crippen LogP contribution is -2.12. The zero-order valence-electron chi connectivity index (χ0n) is 7.40. The van der Waals surface area contributed by atoms with Crippen LogP contribution in [0.2, 0.25) is 0 Å². The third-order valence-electron chi connectivity index (χ3n) is 1.53. The molecule has 6 heteroatoms. The van der Waals surface area contributed by atoms with E-state index in [-0.39, 0.29) is 0 Å². The van der Waals surface area contributed by atoms with Gasteiger partial charge >= 0.3 is 0 Å². The standard InChI is InChI=1S/C8H9ClN2O3/c9-8(14)7(11-6-13)3-1-2-4-10-5-12/h7H,1-4H2. The van der Waals surface area contributed by atoms with Gasteiger partial charge in [0.2, 0.25) is 17.4 Å². The highest BCUT2D eigenvalue weighted by Gasteiger charge is 2.13. The van der Waals surface area contributed by atoms with E-state index in [4.69, 9.17) is 11.6 Å². The summed E-state index contributed by atoms with van der Waals surface area (Å²) in [5, 5.41) is -0.674. The normalized spacial score (nSPS) is 10.9. The highest BCUT2D eigenvalue weighted by Crippen LogP contribution is 2.07. The van der Waals surface area contributed by atoms with Crippen molar-refractivity contribution >= 4 is 29.0 Å². The van der Waals surface area contributed by atoms with Gasteiger partial charge in [-0.05, 0) is 30.9 Å². The molecule has 0 aliphatic heterocycles. The molecule has 0 aliphatic carbocycles. The molecule has 1 unspecified atom stereocenters. The van der Waals surface area contributed by atoms with Crippen LogP contribution < -0.4 is 0 Å². The fraction of sp³-hybridized carbons (Fsp3) is 0.625. The molecule has 14 heavy (non-hydrogen) atoms. The SMILES string of the molecule is O=C=NCCCCC(N=C=O)C(=O)Cl. The van der Waals surface area contributed by atoms with Crippen LogP contribution in [0, 0.1) is 0 Å².